The van der Waals surface area contributed by atoms with Gasteiger partial charge in [-0.1, -0.05) is 0 Å². The molecular formula is C9H13N3O2S. The summed E-state index contributed by atoms with van der Waals surface area (Å²) in [7, 11) is 3.41. The van der Waals surface area contributed by atoms with Crippen LogP contribution in [0, 0.1) is 0 Å². The van der Waals surface area contributed by atoms with Crippen molar-refractivity contribution in [3.8, 4) is 0 Å². The predicted molar refractivity (Wildman–Crippen MR) is 57.6 cm³/mol. The molecule has 0 aliphatic heterocycles. The number of amides is 2. The second kappa shape index (κ2) is 4.88. The van der Waals surface area contributed by atoms with E-state index in [1.165, 1.54) is 22.4 Å². The summed E-state index contributed by atoms with van der Waals surface area (Å²) in [4.78, 5) is 28.0. The molecule has 0 fully saturated rings. The third-order valence-corrected chi connectivity index (χ3v) is 2.92. The van der Waals surface area contributed by atoms with E-state index in [4.69, 9.17) is 5.73 Å². The predicted octanol–water partition coefficient (Wildman–Crippen LogP) is 0.263. The van der Waals surface area contributed by atoms with Crippen molar-refractivity contribution in [2.24, 2.45) is 5.73 Å². The van der Waals surface area contributed by atoms with Crippen LogP contribution < -0.4 is 5.73 Å². The zero-order chi connectivity index (χ0) is 11.4. The van der Waals surface area contributed by atoms with Crippen LogP contribution in [0.3, 0.4) is 0 Å². The summed E-state index contributed by atoms with van der Waals surface area (Å²) in [6.45, 7) is 0. The zero-order valence-electron chi connectivity index (χ0n) is 8.69. The first kappa shape index (κ1) is 11.6. The van der Waals surface area contributed by atoms with Crippen molar-refractivity contribution in [3.63, 3.8) is 0 Å². The minimum absolute atomic E-state index is 0.0471. The number of aromatic nitrogens is 1. The van der Waals surface area contributed by atoms with Crippen LogP contribution in [0.15, 0.2) is 6.20 Å². The van der Waals surface area contributed by atoms with Crippen LogP contribution in [0.5, 0.6) is 0 Å². The lowest BCUT2D eigenvalue weighted by Gasteiger charge is -2.08. The van der Waals surface area contributed by atoms with Gasteiger partial charge in [0, 0.05) is 26.9 Å². The maximum Gasteiger partial charge on any atom is 0.260 e. The third-order valence-electron chi connectivity index (χ3n) is 1.85. The molecule has 0 bridgehead atoms. The summed E-state index contributed by atoms with van der Waals surface area (Å²) in [5, 5.41) is 0.763. The Hall–Kier alpha value is -1.43. The molecule has 1 aromatic heterocycles. The molecule has 82 valence electrons. The highest BCUT2D eigenvalue weighted by Crippen LogP contribution is 2.14. The number of rotatable bonds is 4. The smallest absolute Gasteiger partial charge is 0.260 e. The normalized spacial score (nSPS) is 10.0. The summed E-state index contributed by atoms with van der Waals surface area (Å²) in [6.07, 6.45) is 2.40. The van der Waals surface area contributed by atoms with Crippen LogP contribution in [-0.2, 0) is 11.2 Å². The summed E-state index contributed by atoms with van der Waals surface area (Å²) in [5.41, 5.74) is 5.09. The lowest BCUT2D eigenvalue weighted by molar-refractivity contribution is -0.128. The number of carbonyl (C=O) groups is 2. The lowest BCUT2D eigenvalue weighted by atomic mass is 10.3. The van der Waals surface area contributed by atoms with Gasteiger partial charge in [0.15, 0.2) is 0 Å². The molecule has 0 saturated carbocycles. The number of carbonyl (C=O) groups excluding carboxylic acids is 2. The van der Waals surface area contributed by atoms with Crippen molar-refractivity contribution in [1.82, 2.24) is 9.88 Å². The van der Waals surface area contributed by atoms with Gasteiger partial charge in [-0.25, -0.2) is 4.98 Å². The highest BCUT2D eigenvalue weighted by molar-refractivity contribution is 7.13. The van der Waals surface area contributed by atoms with E-state index >= 15 is 0 Å². The third kappa shape index (κ3) is 3.32. The number of aryl methyl sites for hydroxylation is 1. The number of thiazole rings is 1. The van der Waals surface area contributed by atoms with Crippen LogP contribution >= 0.6 is 11.3 Å². The Kier molecular flexibility index (Phi) is 3.79. The van der Waals surface area contributed by atoms with Gasteiger partial charge in [0.2, 0.25) is 5.91 Å². The molecule has 0 saturated heterocycles. The van der Waals surface area contributed by atoms with Gasteiger partial charge < -0.3 is 10.6 Å². The maximum atomic E-state index is 11.3. The molecule has 0 atom stereocenters. The largest absolute Gasteiger partial charge is 0.365 e. The molecule has 0 spiro atoms. The van der Waals surface area contributed by atoms with Crippen LogP contribution in [0.2, 0.25) is 0 Å². The molecule has 5 nitrogen and oxygen atoms in total. The topological polar surface area (TPSA) is 76.3 Å². The fourth-order valence-electron chi connectivity index (χ4n) is 0.977. The van der Waals surface area contributed by atoms with E-state index in [9.17, 15) is 9.59 Å². The second-order valence-corrected chi connectivity index (χ2v) is 4.39. The molecule has 0 aromatic carbocycles. The second-order valence-electron chi connectivity index (χ2n) is 3.27. The van der Waals surface area contributed by atoms with Crippen LogP contribution in [0.1, 0.15) is 21.1 Å². The van der Waals surface area contributed by atoms with E-state index in [1.807, 2.05) is 0 Å². The number of nitrogens with two attached hydrogens (primary N) is 1. The average molecular weight is 227 g/mol. The van der Waals surface area contributed by atoms with E-state index in [0.29, 0.717) is 17.7 Å². The Bertz CT molecular complexity index is 373. The monoisotopic (exact) mass is 227 g/mol. The van der Waals surface area contributed by atoms with Crippen LogP contribution in [0.4, 0.5) is 0 Å². The maximum absolute atomic E-state index is 11.3. The number of hydrogen-bond donors (Lipinski definition) is 1. The van der Waals surface area contributed by atoms with Gasteiger partial charge in [-0.3, -0.25) is 9.59 Å². The van der Waals surface area contributed by atoms with Gasteiger partial charge in [-0.05, 0) is 0 Å². The molecule has 0 aliphatic rings. The number of nitrogens with zero attached hydrogens (tertiary/aromatic N) is 2. The molecule has 2 amide bonds. The fourth-order valence-corrected chi connectivity index (χ4v) is 1.75. The van der Waals surface area contributed by atoms with E-state index in [2.05, 4.69) is 4.98 Å². The lowest BCUT2D eigenvalue weighted by Crippen LogP contribution is -2.21. The van der Waals surface area contributed by atoms with Crippen molar-refractivity contribution in [2.75, 3.05) is 14.1 Å². The average Bonchev–Trinajstić information content (AvgIpc) is 2.62. The first-order valence-electron chi connectivity index (χ1n) is 4.45. The SMILES string of the molecule is CN(C)C(=O)CCc1ncc(C(N)=O)s1. The first-order chi connectivity index (χ1) is 7.00. The Labute approximate surface area is 91.9 Å². The van der Waals surface area contributed by atoms with Crippen molar-refractivity contribution in [3.05, 3.63) is 16.1 Å². The van der Waals surface area contributed by atoms with Gasteiger partial charge in [0.1, 0.15) is 4.88 Å². The summed E-state index contributed by atoms with van der Waals surface area (Å²) in [5.74, 6) is -0.427. The van der Waals surface area contributed by atoms with Crippen molar-refractivity contribution in [1.29, 1.82) is 0 Å². The van der Waals surface area contributed by atoms with Gasteiger partial charge >= 0.3 is 0 Å². The van der Waals surface area contributed by atoms with E-state index in [-0.39, 0.29) is 5.91 Å². The highest BCUT2D eigenvalue weighted by Gasteiger charge is 2.09. The van der Waals surface area contributed by atoms with Gasteiger partial charge in [-0.2, -0.15) is 0 Å². The van der Waals surface area contributed by atoms with Gasteiger partial charge in [0.05, 0.1) is 11.2 Å². The van der Waals surface area contributed by atoms with Crippen molar-refractivity contribution < 1.29 is 9.59 Å². The van der Waals surface area contributed by atoms with E-state index in [1.54, 1.807) is 14.1 Å². The Balaban J connectivity index is 2.51. The standard InChI is InChI=1S/C9H13N3O2S/c1-12(2)8(13)4-3-7-11-5-6(15-7)9(10)14/h5H,3-4H2,1-2H3,(H2,10,14). The Morgan fingerprint density at radius 3 is 2.67 bits per heavy atom. The highest BCUT2D eigenvalue weighted by atomic mass is 32.1. The molecule has 0 aliphatic carbocycles. The van der Waals surface area contributed by atoms with Crippen LogP contribution in [0.25, 0.3) is 0 Å². The molecule has 15 heavy (non-hydrogen) atoms. The fraction of sp³-hybridized carbons (Fsp3) is 0.444. The minimum atomic E-state index is -0.474. The number of primary amides is 1. The zero-order valence-corrected chi connectivity index (χ0v) is 9.50. The molecule has 6 heteroatoms. The molecule has 0 radical (unpaired) electrons. The Morgan fingerprint density at radius 2 is 2.20 bits per heavy atom. The van der Waals surface area contributed by atoms with Crippen LogP contribution in [-0.4, -0.2) is 35.8 Å². The van der Waals surface area contributed by atoms with E-state index < -0.39 is 5.91 Å². The molecule has 1 rings (SSSR count). The summed E-state index contributed by atoms with van der Waals surface area (Å²) in [6, 6.07) is 0. The molecule has 1 aromatic rings. The van der Waals surface area contributed by atoms with Gasteiger partial charge in [-0.15, -0.1) is 11.3 Å². The first-order valence-corrected chi connectivity index (χ1v) is 5.27. The Morgan fingerprint density at radius 1 is 1.53 bits per heavy atom. The molecule has 1 heterocycles. The molecule has 2 N–H and O–H groups in total. The van der Waals surface area contributed by atoms with E-state index in [0.717, 1.165) is 5.01 Å². The number of hydrogen-bond acceptors (Lipinski definition) is 4. The minimum Gasteiger partial charge on any atom is -0.365 e. The van der Waals surface area contributed by atoms with Crippen molar-refractivity contribution >= 4 is 23.2 Å². The summed E-state index contributed by atoms with van der Waals surface area (Å²) < 4.78 is 0. The summed E-state index contributed by atoms with van der Waals surface area (Å²) >= 11 is 1.24. The molecule has 0 unspecified atom stereocenters. The van der Waals surface area contributed by atoms with Crippen molar-refractivity contribution in [2.45, 2.75) is 12.8 Å². The van der Waals surface area contributed by atoms with Gasteiger partial charge in [0.25, 0.3) is 5.91 Å². The quantitative estimate of drug-likeness (QED) is 0.801. The molecular weight excluding hydrogens is 214 g/mol.